The van der Waals surface area contributed by atoms with Crippen LogP contribution in [-0.2, 0) is 0 Å². The van der Waals surface area contributed by atoms with Gasteiger partial charge in [0.2, 0.25) is 0 Å². The summed E-state index contributed by atoms with van der Waals surface area (Å²) in [7, 11) is 0. The summed E-state index contributed by atoms with van der Waals surface area (Å²) in [4.78, 5) is 2.06. The van der Waals surface area contributed by atoms with Gasteiger partial charge in [0.1, 0.15) is 0 Å². The van der Waals surface area contributed by atoms with E-state index in [1.807, 2.05) is 6.92 Å². The van der Waals surface area contributed by atoms with Crippen LogP contribution in [0.2, 0.25) is 0 Å². The normalized spacial score (nSPS) is 8.56. The first-order chi connectivity index (χ1) is 3.72. The number of hydrogen-bond donors (Lipinski definition) is 2. The Kier molecular flexibility index (Phi) is 3.04. The molecule has 0 radical (unpaired) electrons. The minimum atomic E-state index is 0. The second-order valence-corrected chi connectivity index (χ2v) is 3.45. The van der Waals surface area contributed by atoms with E-state index in [9.17, 15) is 0 Å². The molecule has 3 nitrogen and oxygen atoms in total. The minimum absolute atomic E-state index is 0. The quantitative estimate of drug-likeness (QED) is 0.259. The first-order valence-electron chi connectivity index (χ1n) is 2.22. The minimum Gasteiger partial charge on any atom is -1.00 e. The second-order valence-electron chi connectivity index (χ2n) is 1.59. The molecule has 1 heterocycles. The topological polar surface area (TPSA) is 55.9 Å². The van der Waals surface area contributed by atoms with Crippen molar-refractivity contribution in [3.63, 3.8) is 0 Å². The molecule has 0 aliphatic rings. The molecule has 0 aliphatic carbocycles. The Morgan fingerprint density at radius 2 is 2.22 bits per heavy atom. The number of aromatic nitrogens is 1. The molecule has 0 spiro atoms. The first kappa shape index (κ1) is 8.82. The van der Waals surface area contributed by atoms with Crippen LogP contribution in [0.3, 0.4) is 0 Å². The van der Waals surface area contributed by atoms with Crippen molar-refractivity contribution in [2.75, 3.05) is 11.6 Å². The molecular formula is C4H8ClN3Se. The zero-order valence-electron chi connectivity index (χ0n) is 4.97. The van der Waals surface area contributed by atoms with E-state index in [1.165, 1.54) is 4.68 Å². The van der Waals surface area contributed by atoms with Crippen LogP contribution >= 0.6 is 0 Å². The molecule has 0 bridgehead atoms. The summed E-state index contributed by atoms with van der Waals surface area (Å²) in [5.74, 6) is 5.44. The largest absolute Gasteiger partial charge is 1.00 e. The smallest absolute Gasteiger partial charge is 1.00 e. The van der Waals surface area contributed by atoms with E-state index in [1.54, 1.807) is 0 Å². The number of nitrogen functional groups attached to an aromatic ring is 2. The van der Waals surface area contributed by atoms with Crippen molar-refractivity contribution in [2.24, 2.45) is 0 Å². The third kappa shape index (κ3) is 1.61. The third-order valence-electron chi connectivity index (χ3n) is 0.968. The fourth-order valence-electron chi connectivity index (χ4n) is 0.433. The molecule has 0 fully saturated rings. The Labute approximate surface area is 65.8 Å². The molecule has 0 aliphatic heterocycles. The van der Waals surface area contributed by atoms with Crippen molar-refractivity contribution in [1.29, 1.82) is 0 Å². The maximum Gasteiger partial charge on any atom is -1.00 e. The van der Waals surface area contributed by atoms with Crippen molar-refractivity contribution in [3.8, 4) is 0 Å². The van der Waals surface area contributed by atoms with Crippen LogP contribution in [0.15, 0.2) is 4.94 Å². The van der Waals surface area contributed by atoms with Gasteiger partial charge >= 0.3 is 53.0 Å². The molecule has 1 aromatic heterocycles. The average molecular weight is 213 g/mol. The van der Waals surface area contributed by atoms with Gasteiger partial charge in [0, 0.05) is 0 Å². The second kappa shape index (κ2) is 3.11. The van der Waals surface area contributed by atoms with Crippen molar-refractivity contribution in [2.45, 2.75) is 6.92 Å². The van der Waals surface area contributed by atoms with E-state index in [0.717, 1.165) is 10.4 Å². The molecule has 9 heavy (non-hydrogen) atoms. The standard InChI is InChI=1S/C4H7N3Se.ClH/c1-3-2-8-4(5)7(3)6;/h2,5H,6H2,1H3;1H. The van der Waals surface area contributed by atoms with E-state index in [4.69, 9.17) is 11.6 Å². The summed E-state index contributed by atoms with van der Waals surface area (Å²) >= 11 is 0.304. The number of nitrogens with two attached hydrogens (primary N) is 2. The SMILES string of the molecule is Cc1c[se]c(N)[n+]1N.[Cl-]. The molecule has 0 saturated carbocycles. The van der Waals surface area contributed by atoms with Gasteiger partial charge in [-0.05, 0) is 0 Å². The maximum atomic E-state index is 5.46. The summed E-state index contributed by atoms with van der Waals surface area (Å²) in [5.41, 5.74) is 6.52. The summed E-state index contributed by atoms with van der Waals surface area (Å²) in [6.07, 6.45) is 0. The van der Waals surface area contributed by atoms with E-state index in [0.29, 0.717) is 14.5 Å². The van der Waals surface area contributed by atoms with Gasteiger partial charge < -0.3 is 12.4 Å². The fraction of sp³-hybridized carbons (Fsp3) is 0.250. The average Bonchev–Trinajstić information content (AvgIpc) is 1.98. The van der Waals surface area contributed by atoms with Crippen LogP contribution < -0.4 is 28.7 Å². The number of nitrogens with zero attached hydrogens (tertiary/aromatic N) is 1. The molecular weight excluding hydrogens is 204 g/mol. The van der Waals surface area contributed by atoms with E-state index >= 15 is 0 Å². The molecule has 1 aromatic rings. The molecule has 0 atom stereocenters. The van der Waals surface area contributed by atoms with Gasteiger partial charge in [-0.25, -0.2) is 0 Å². The molecule has 0 amide bonds. The van der Waals surface area contributed by atoms with Crippen molar-refractivity contribution >= 4 is 19.2 Å². The van der Waals surface area contributed by atoms with Crippen LogP contribution in [0, 0.1) is 6.92 Å². The van der Waals surface area contributed by atoms with Crippen LogP contribution in [-0.4, -0.2) is 14.5 Å². The van der Waals surface area contributed by atoms with E-state index in [2.05, 4.69) is 4.94 Å². The predicted octanol–water partition coefficient (Wildman–Crippen LogP) is -4.36. The van der Waals surface area contributed by atoms with E-state index < -0.39 is 0 Å². The summed E-state index contributed by atoms with van der Waals surface area (Å²) in [5, 5.41) is 0. The molecule has 4 N–H and O–H groups in total. The monoisotopic (exact) mass is 213 g/mol. The number of hydrogen-bond acceptors (Lipinski definition) is 2. The zero-order chi connectivity index (χ0) is 6.15. The van der Waals surface area contributed by atoms with Crippen LogP contribution in [0.5, 0.6) is 0 Å². The maximum absolute atomic E-state index is 5.46. The van der Waals surface area contributed by atoms with Gasteiger partial charge in [-0.15, -0.1) is 0 Å². The first-order valence-corrected chi connectivity index (χ1v) is 4.07. The third-order valence-corrected chi connectivity index (χ3v) is 2.85. The van der Waals surface area contributed by atoms with Crippen molar-refractivity contribution in [3.05, 3.63) is 10.6 Å². The molecule has 5 heteroatoms. The number of aryl methyl sites for hydroxylation is 1. The molecule has 1 rings (SSSR count). The van der Waals surface area contributed by atoms with Crippen molar-refractivity contribution < 1.29 is 17.1 Å². The van der Waals surface area contributed by atoms with Crippen LogP contribution in [0.1, 0.15) is 5.69 Å². The van der Waals surface area contributed by atoms with Gasteiger partial charge in [0.15, 0.2) is 0 Å². The Bertz CT molecular complexity index is 178. The summed E-state index contributed by atoms with van der Waals surface area (Å²) in [6.45, 7) is 1.95. The Morgan fingerprint density at radius 3 is 2.33 bits per heavy atom. The molecule has 0 saturated heterocycles. The Balaban J connectivity index is 0.000000640. The van der Waals surface area contributed by atoms with Gasteiger partial charge in [0.05, 0.1) is 0 Å². The van der Waals surface area contributed by atoms with Gasteiger partial charge in [-0.3, -0.25) is 0 Å². The van der Waals surface area contributed by atoms with Crippen molar-refractivity contribution in [1.82, 2.24) is 0 Å². The Hall–Kier alpha value is -0.181. The predicted molar refractivity (Wildman–Crippen MR) is 32.9 cm³/mol. The van der Waals surface area contributed by atoms with Gasteiger partial charge in [-0.2, -0.15) is 0 Å². The molecule has 52 valence electrons. The van der Waals surface area contributed by atoms with Gasteiger partial charge in [-0.1, -0.05) is 0 Å². The van der Waals surface area contributed by atoms with E-state index in [-0.39, 0.29) is 12.4 Å². The molecule has 0 unspecified atom stereocenters. The summed E-state index contributed by atoms with van der Waals surface area (Å²) in [6, 6.07) is 0. The fourth-order valence-corrected chi connectivity index (χ4v) is 1.82. The summed E-state index contributed by atoms with van der Waals surface area (Å²) < 4.78 is 2.31. The van der Waals surface area contributed by atoms with Crippen LogP contribution in [0.25, 0.3) is 0 Å². The number of rotatable bonds is 0. The Morgan fingerprint density at radius 1 is 1.67 bits per heavy atom. The molecule has 0 aromatic carbocycles. The number of halogens is 1. The van der Waals surface area contributed by atoms with Gasteiger partial charge in [0.25, 0.3) is 0 Å². The number of anilines is 1. The van der Waals surface area contributed by atoms with Crippen LogP contribution in [0.4, 0.5) is 4.69 Å². The zero-order valence-corrected chi connectivity index (χ0v) is 7.43.